The van der Waals surface area contributed by atoms with Crippen molar-refractivity contribution in [3.05, 3.63) is 22.9 Å². The van der Waals surface area contributed by atoms with Crippen molar-refractivity contribution in [3.63, 3.8) is 0 Å². The number of fused-ring (bicyclic) bond motifs is 1. The van der Waals surface area contributed by atoms with Crippen LogP contribution in [-0.4, -0.2) is 30.6 Å². The van der Waals surface area contributed by atoms with Gasteiger partial charge in [-0.1, -0.05) is 13.3 Å². The number of rotatable bonds is 8. The van der Waals surface area contributed by atoms with Crippen molar-refractivity contribution >= 4 is 5.84 Å². The van der Waals surface area contributed by atoms with E-state index in [0.29, 0.717) is 24.7 Å². The van der Waals surface area contributed by atoms with Crippen molar-refractivity contribution in [2.24, 2.45) is 5.73 Å². The Balaban J connectivity index is 1.94. The van der Waals surface area contributed by atoms with Crippen molar-refractivity contribution < 1.29 is 9.47 Å². The lowest BCUT2D eigenvalue weighted by Gasteiger charge is -2.12. The standard InChI is InChI=1S/C15H23N3O2/c1-2-3-7-19-8-9-20-15-12(14(16)17)10-11-5-4-6-13(11)18-15/h10H,2-9H2,1H3,(H3,16,17). The minimum absolute atomic E-state index is 0.00843. The highest BCUT2D eigenvalue weighted by Gasteiger charge is 2.18. The van der Waals surface area contributed by atoms with E-state index in [9.17, 15) is 0 Å². The normalized spacial score (nSPS) is 13.2. The Morgan fingerprint density at radius 1 is 1.35 bits per heavy atom. The van der Waals surface area contributed by atoms with Crippen LogP contribution in [0, 0.1) is 5.41 Å². The number of pyridine rings is 1. The predicted molar refractivity (Wildman–Crippen MR) is 78.5 cm³/mol. The van der Waals surface area contributed by atoms with E-state index in [1.54, 1.807) is 0 Å². The van der Waals surface area contributed by atoms with Gasteiger partial charge in [0.2, 0.25) is 5.88 Å². The van der Waals surface area contributed by atoms with Gasteiger partial charge in [0, 0.05) is 12.3 Å². The van der Waals surface area contributed by atoms with E-state index in [4.69, 9.17) is 20.6 Å². The molecule has 5 heteroatoms. The van der Waals surface area contributed by atoms with Gasteiger partial charge in [0.1, 0.15) is 12.4 Å². The summed E-state index contributed by atoms with van der Waals surface area (Å²) < 4.78 is 11.1. The second-order valence-electron chi connectivity index (χ2n) is 5.03. The highest BCUT2D eigenvalue weighted by Crippen LogP contribution is 2.26. The van der Waals surface area contributed by atoms with E-state index in [0.717, 1.165) is 44.4 Å². The third-order valence-electron chi connectivity index (χ3n) is 3.41. The van der Waals surface area contributed by atoms with Gasteiger partial charge in [0.15, 0.2) is 0 Å². The SMILES string of the molecule is CCCCOCCOc1nc2c(cc1C(=N)N)CCC2. The van der Waals surface area contributed by atoms with Gasteiger partial charge >= 0.3 is 0 Å². The average molecular weight is 277 g/mol. The van der Waals surface area contributed by atoms with Gasteiger partial charge in [-0.25, -0.2) is 4.98 Å². The number of nitrogens with two attached hydrogens (primary N) is 1. The van der Waals surface area contributed by atoms with Crippen molar-refractivity contribution in [3.8, 4) is 5.88 Å². The number of aryl methyl sites for hydroxylation is 2. The lowest BCUT2D eigenvalue weighted by Crippen LogP contribution is -2.17. The molecule has 1 aromatic heterocycles. The van der Waals surface area contributed by atoms with Gasteiger partial charge in [-0.05, 0) is 37.3 Å². The van der Waals surface area contributed by atoms with Crippen LogP contribution >= 0.6 is 0 Å². The van der Waals surface area contributed by atoms with Crippen LogP contribution in [0.25, 0.3) is 0 Å². The van der Waals surface area contributed by atoms with E-state index in [1.165, 1.54) is 5.56 Å². The number of nitrogens with one attached hydrogen (secondary N) is 1. The fourth-order valence-electron chi connectivity index (χ4n) is 2.30. The molecular weight excluding hydrogens is 254 g/mol. The van der Waals surface area contributed by atoms with Crippen LogP contribution in [0.5, 0.6) is 5.88 Å². The molecule has 1 aliphatic rings. The maximum Gasteiger partial charge on any atom is 0.224 e. The molecule has 110 valence electrons. The van der Waals surface area contributed by atoms with E-state index in [1.807, 2.05) is 6.07 Å². The number of hydrogen-bond donors (Lipinski definition) is 2. The number of hydrogen-bond acceptors (Lipinski definition) is 4. The zero-order chi connectivity index (χ0) is 14.4. The summed E-state index contributed by atoms with van der Waals surface area (Å²) in [7, 11) is 0. The first kappa shape index (κ1) is 14.8. The maximum absolute atomic E-state index is 7.64. The van der Waals surface area contributed by atoms with Gasteiger partial charge < -0.3 is 15.2 Å². The lowest BCUT2D eigenvalue weighted by molar-refractivity contribution is 0.0964. The largest absolute Gasteiger partial charge is 0.475 e. The van der Waals surface area contributed by atoms with Crippen molar-refractivity contribution in [1.82, 2.24) is 4.98 Å². The summed E-state index contributed by atoms with van der Waals surface area (Å²) in [6, 6.07) is 1.95. The Bertz CT molecular complexity index is 474. The van der Waals surface area contributed by atoms with Crippen molar-refractivity contribution in [2.75, 3.05) is 19.8 Å². The number of nitrogen functional groups attached to an aromatic ring is 1. The summed E-state index contributed by atoms with van der Waals surface area (Å²) in [5.74, 6) is 0.478. The molecule has 0 saturated carbocycles. The minimum atomic E-state index is 0.00843. The van der Waals surface area contributed by atoms with Crippen LogP contribution in [0.15, 0.2) is 6.07 Å². The van der Waals surface area contributed by atoms with Crippen LogP contribution in [0.1, 0.15) is 43.0 Å². The van der Waals surface area contributed by atoms with E-state index >= 15 is 0 Å². The minimum Gasteiger partial charge on any atom is -0.475 e. The average Bonchev–Trinajstić information content (AvgIpc) is 2.88. The van der Waals surface area contributed by atoms with Crippen LogP contribution < -0.4 is 10.5 Å². The molecule has 0 atom stereocenters. The number of amidine groups is 1. The second-order valence-corrected chi connectivity index (χ2v) is 5.03. The third kappa shape index (κ3) is 3.70. The summed E-state index contributed by atoms with van der Waals surface area (Å²) in [5.41, 5.74) is 8.48. The maximum atomic E-state index is 7.64. The quantitative estimate of drug-likeness (QED) is 0.433. The number of ether oxygens (including phenoxy) is 2. The Morgan fingerprint density at radius 2 is 2.20 bits per heavy atom. The topological polar surface area (TPSA) is 81.2 Å². The van der Waals surface area contributed by atoms with Crippen LogP contribution in [0.3, 0.4) is 0 Å². The van der Waals surface area contributed by atoms with Crippen LogP contribution in [0.4, 0.5) is 0 Å². The molecule has 2 rings (SSSR count). The third-order valence-corrected chi connectivity index (χ3v) is 3.41. The first-order chi connectivity index (χ1) is 9.72. The summed E-state index contributed by atoms with van der Waals surface area (Å²) in [6.45, 7) is 3.87. The molecule has 0 aromatic carbocycles. The van der Waals surface area contributed by atoms with Gasteiger partial charge in [0.05, 0.1) is 12.2 Å². The number of unbranched alkanes of at least 4 members (excludes halogenated alkanes) is 1. The van der Waals surface area contributed by atoms with Crippen LogP contribution in [0.2, 0.25) is 0 Å². The molecule has 0 spiro atoms. The van der Waals surface area contributed by atoms with Gasteiger partial charge in [0.25, 0.3) is 0 Å². The molecule has 20 heavy (non-hydrogen) atoms. The Labute approximate surface area is 120 Å². The molecule has 5 nitrogen and oxygen atoms in total. The Kier molecular flexibility index (Phi) is 5.35. The molecule has 0 radical (unpaired) electrons. The first-order valence-electron chi connectivity index (χ1n) is 7.30. The molecule has 0 bridgehead atoms. The second kappa shape index (κ2) is 7.24. The predicted octanol–water partition coefficient (Wildman–Crippen LogP) is 2.05. The fraction of sp³-hybridized carbons (Fsp3) is 0.600. The first-order valence-corrected chi connectivity index (χ1v) is 7.30. The molecule has 1 aromatic rings. The van der Waals surface area contributed by atoms with Gasteiger partial charge in [-0.3, -0.25) is 5.41 Å². The van der Waals surface area contributed by atoms with Gasteiger partial charge in [-0.15, -0.1) is 0 Å². The zero-order valence-corrected chi connectivity index (χ0v) is 12.1. The Hall–Kier alpha value is -1.62. The zero-order valence-electron chi connectivity index (χ0n) is 12.1. The number of aromatic nitrogens is 1. The summed E-state index contributed by atoms with van der Waals surface area (Å²) in [6.07, 6.45) is 5.31. The molecule has 0 unspecified atom stereocenters. The molecule has 1 aliphatic carbocycles. The molecule has 0 amide bonds. The molecule has 3 N–H and O–H groups in total. The van der Waals surface area contributed by atoms with Crippen LogP contribution in [-0.2, 0) is 17.6 Å². The summed E-state index contributed by atoms with van der Waals surface area (Å²) in [5, 5.41) is 7.64. The Morgan fingerprint density at radius 3 is 2.95 bits per heavy atom. The van der Waals surface area contributed by atoms with Gasteiger partial charge in [-0.2, -0.15) is 0 Å². The highest BCUT2D eigenvalue weighted by atomic mass is 16.5. The summed E-state index contributed by atoms with van der Waals surface area (Å²) >= 11 is 0. The smallest absolute Gasteiger partial charge is 0.224 e. The highest BCUT2D eigenvalue weighted by molar-refractivity contribution is 5.97. The molecule has 0 aliphatic heterocycles. The van der Waals surface area contributed by atoms with Crippen molar-refractivity contribution in [2.45, 2.75) is 39.0 Å². The fourth-order valence-corrected chi connectivity index (χ4v) is 2.30. The lowest BCUT2D eigenvalue weighted by atomic mass is 10.1. The van der Waals surface area contributed by atoms with E-state index < -0.39 is 0 Å². The molecule has 0 saturated heterocycles. The van der Waals surface area contributed by atoms with E-state index in [-0.39, 0.29) is 5.84 Å². The summed E-state index contributed by atoms with van der Waals surface area (Å²) in [4.78, 5) is 4.51. The van der Waals surface area contributed by atoms with Crippen molar-refractivity contribution in [1.29, 1.82) is 5.41 Å². The molecule has 0 fully saturated rings. The van der Waals surface area contributed by atoms with E-state index in [2.05, 4.69) is 11.9 Å². The monoisotopic (exact) mass is 277 g/mol. The molecular formula is C15H23N3O2. The number of nitrogens with zero attached hydrogens (tertiary/aromatic N) is 1. The molecule has 1 heterocycles.